The van der Waals surface area contributed by atoms with Gasteiger partial charge in [0.05, 0.1) is 13.7 Å². The minimum Gasteiger partial charge on any atom is -0.491 e. The number of methoxy groups -OCH3 is 2. The van der Waals surface area contributed by atoms with E-state index in [1.165, 1.54) is 14.0 Å². The smallest absolute Gasteiger partial charge is 0.331 e. The van der Waals surface area contributed by atoms with E-state index in [1.54, 1.807) is 13.2 Å². The summed E-state index contributed by atoms with van der Waals surface area (Å²) in [6.45, 7) is 1.81. The summed E-state index contributed by atoms with van der Waals surface area (Å²) in [6.07, 6.45) is 0. The highest BCUT2D eigenvalue weighted by Crippen LogP contribution is 2.14. The zero-order valence-corrected chi connectivity index (χ0v) is 11.8. The van der Waals surface area contributed by atoms with Crippen LogP contribution in [0.4, 0.5) is 0 Å². The number of nitrogens with one attached hydrogen (secondary N) is 1. The third-order valence-corrected chi connectivity index (χ3v) is 2.49. The van der Waals surface area contributed by atoms with Gasteiger partial charge >= 0.3 is 5.97 Å². The van der Waals surface area contributed by atoms with Gasteiger partial charge < -0.3 is 19.5 Å². The molecule has 0 saturated carbocycles. The molecule has 0 aliphatic carbocycles. The van der Waals surface area contributed by atoms with E-state index in [0.717, 1.165) is 5.56 Å². The van der Waals surface area contributed by atoms with Crippen molar-refractivity contribution in [3.05, 3.63) is 29.8 Å². The number of carbonyl (C=O) groups excluding carboxylic acids is 2. The third-order valence-electron chi connectivity index (χ3n) is 2.49. The molecule has 1 aromatic rings. The second kappa shape index (κ2) is 8.16. The molecule has 0 fully saturated rings. The Balaban J connectivity index is 2.64. The maximum Gasteiger partial charge on any atom is 0.331 e. The predicted molar refractivity (Wildman–Crippen MR) is 72.3 cm³/mol. The zero-order chi connectivity index (χ0) is 15.0. The van der Waals surface area contributed by atoms with Crippen LogP contribution in [0.2, 0.25) is 0 Å². The van der Waals surface area contributed by atoms with Crippen LogP contribution < -0.4 is 10.1 Å². The van der Waals surface area contributed by atoms with E-state index >= 15 is 0 Å². The first-order valence-corrected chi connectivity index (χ1v) is 6.12. The lowest BCUT2D eigenvalue weighted by atomic mass is 10.2. The van der Waals surface area contributed by atoms with Gasteiger partial charge in [0.2, 0.25) is 5.91 Å². The van der Waals surface area contributed by atoms with Crippen LogP contribution in [0.1, 0.15) is 12.5 Å². The fourth-order valence-corrected chi connectivity index (χ4v) is 1.63. The van der Waals surface area contributed by atoms with Gasteiger partial charge in [-0.05, 0) is 17.7 Å². The van der Waals surface area contributed by atoms with Gasteiger partial charge in [-0.2, -0.15) is 0 Å². The topological polar surface area (TPSA) is 73.9 Å². The molecule has 6 heteroatoms. The van der Waals surface area contributed by atoms with Crippen LogP contribution in [0.3, 0.4) is 0 Å². The molecule has 1 N–H and O–H groups in total. The van der Waals surface area contributed by atoms with Gasteiger partial charge in [-0.1, -0.05) is 12.1 Å². The Morgan fingerprint density at radius 3 is 2.65 bits per heavy atom. The van der Waals surface area contributed by atoms with E-state index < -0.39 is 12.0 Å². The van der Waals surface area contributed by atoms with Crippen LogP contribution in [-0.4, -0.2) is 38.7 Å². The molecule has 1 amide bonds. The van der Waals surface area contributed by atoms with Crippen molar-refractivity contribution in [1.82, 2.24) is 5.32 Å². The van der Waals surface area contributed by atoms with Crippen LogP contribution in [0.25, 0.3) is 0 Å². The van der Waals surface area contributed by atoms with Gasteiger partial charge in [-0.15, -0.1) is 0 Å². The Kier molecular flexibility index (Phi) is 6.52. The van der Waals surface area contributed by atoms with Crippen molar-refractivity contribution in [2.45, 2.75) is 19.6 Å². The van der Waals surface area contributed by atoms with E-state index in [-0.39, 0.29) is 12.5 Å². The van der Waals surface area contributed by atoms with Crippen molar-refractivity contribution in [3.63, 3.8) is 0 Å². The number of hydrogen-bond acceptors (Lipinski definition) is 5. The summed E-state index contributed by atoms with van der Waals surface area (Å²) in [5.41, 5.74) is 0.958. The first kappa shape index (κ1) is 16.0. The van der Waals surface area contributed by atoms with Gasteiger partial charge in [-0.3, -0.25) is 4.79 Å². The molecule has 0 radical (unpaired) electrons. The van der Waals surface area contributed by atoms with Crippen molar-refractivity contribution >= 4 is 11.9 Å². The van der Waals surface area contributed by atoms with Crippen LogP contribution in [0, 0.1) is 0 Å². The van der Waals surface area contributed by atoms with Gasteiger partial charge in [0.15, 0.2) is 6.04 Å². The highest BCUT2D eigenvalue weighted by molar-refractivity contribution is 5.83. The Morgan fingerprint density at radius 1 is 1.30 bits per heavy atom. The molecular weight excluding hydrogens is 262 g/mol. The molecule has 1 rings (SSSR count). The third kappa shape index (κ3) is 5.27. The summed E-state index contributed by atoms with van der Waals surface area (Å²) in [7, 11) is 2.87. The number of rotatable bonds is 7. The lowest BCUT2D eigenvalue weighted by Gasteiger charge is -2.16. The molecule has 1 aromatic carbocycles. The molecule has 0 aliphatic rings. The first-order valence-electron chi connectivity index (χ1n) is 6.12. The first-order chi connectivity index (χ1) is 9.56. The van der Waals surface area contributed by atoms with Crippen LogP contribution in [0.15, 0.2) is 24.3 Å². The molecule has 1 unspecified atom stereocenters. The van der Waals surface area contributed by atoms with Gasteiger partial charge in [-0.25, -0.2) is 4.79 Å². The Bertz CT molecular complexity index is 461. The zero-order valence-electron chi connectivity index (χ0n) is 11.8. The van der Waals surface area contributed by atoms with Crippen LogP contribution >= 0.6 is 0 Å². The number of hydrogen-bond donors (Lipinski definition) is 1. The average Bonchev–Trinajstić information content (AvgIpc) is 2.43. The monoisotopic (exact) mass is 281 g/mol. The largest absolute Gasteiger partial charge is 0.491 e. The van der Waals surface area contributed by atoms with Crippen molar-refractivity contribution in [2.24, 2.45) is 0 Å². The fourth-order valence-electron chi connectivity index (χ4n) is 1.63. The van der Waals surface area contributed by atoms with E-state index in [2.05, 4.69) is 10.1 Å². The van der Waals surface area contributed by atoms with Crippen molar-refractivity contribution in [2.75, 3.05) is 20.8 Å². The standard InChI is InChI=1S/C14H19NO5/c1-10(16)15-13(14(17)19-3)9-20-12-6-4-5-11(7-12)8-18-2/h4-7,13H,8-9H2,1-3H3,(H,15,16). The van der Waals surface area contributed by atoms with E-state index in [1.807, 2.05) is 18.2 Å². The number of amides is 1. The Morgan fingerprint density at radius 2 is 2.05 bits per heavy atom. The molecule has 1 atom stereocenters. The summed E-state index contributed by atoms with van der Waals surface area (Å²) in [5.74, 6) is -0.274. The summed E-state index contributed by atoms with van der Waals surface area (Å²) in [5, 5.41) is 2.48. The number of ether oxygens (including phenoxy) is 3. The molecule has 0 aliphatic heterocycles. The Labute approximate surface area is 118 Å². The van der Waals surface area contributed by atoms with Crippen LogP contribution in [0.5, 0.6) is 5.75 Å². The van der Waals surface area contributed by atoms with Gasteiger partial charge in [0, 0.05) is 14.0 Å². The van der Waals surface area contributed by atoms with Crippen LogP contribution in [-0.2, 0) is 25.7 Å². The second-order valence-electron chi connectivity index (χ2n) is 4.17. The number of benzene rings is 1. The lowest BCUT2D eigenvalue weighted by Crippen LogP contribution is -2.44. The van der Waals surface area contributed by atoms with E-state index in [0.29, 0.717) is 12.4 Å². The number of carbonyl (C=O) groups is 2. The Hall–Kier alpha value is -2.08. The molecular formula is C14H19NO5. The molecule has 110 valence electrons. The molecule has 0 bridgehead atoms. The average molecular weight is 281 g/mol. The normalized spacial score (nSPS) is 11.6. The van der Waals surface area contributed by atoms with Crippen molar-refractivity contribution in [3.8, 4) is 5.75 Å². The second-order valence-corrected chi connectivity index (χ2v) is 4.17. The molecule has 6 nitrogen and oxygen atoms in total. The highest BCUT2D eigenvalue weighted by Gasteiger charge is 2.20. The molecule has 0 spiro atoms. The molecule has 20 heavy (non-hydrogen) atoms. The van der Waals surface area contributed by atoms with Crippen molar-refractivity contribution < 1.29 is 23.8 Å². The predicted octanol–water partition coefficient (Wildman–Crippen LogP) is 0.889. The summed E-state index contributed by atoms with van der Waals surface area (Å²) >= 11 is 0. The summed E-state index contributed by atoms with van der Waals surface area (Å²) < 4.78 is 15.1. The number of esters is 1. The van der Waals surface area contributed by atoms with Gasteiger partial charge in [0.25, 0.3) is 0 Å². The maximum absolute atomic E-state index is 11.5. The lowest BCUT2D eigenvalue weighted by molar-refractivity contribution is -0.145. The highest BCUT2D eigenvalue weighted by atomic mass is 16.5. The summed E-state index contributed by atoms with van der Waals surface area (Å²) in [6, 6.07) is 6.48. The molecule has 0 aromatic heterocycles. The SMILES string of the molecule is COCc1cccc(OCC(NC(C)=O)C(=O)OC)c1. The minimum atomic E-state index is -0.830. The minimum absolute atomic E-state index is 0.00267. The molecule has 0 heterocycles. The summed E-state index contributed by atoms with van der Waals surface area (Å²) in [4.78, 5) is 22.5. The maximum atomic E-state index is 11.5. The van der Waals surface area contributed by atoms with Crippen molar-refractivity contribution in [1.29, 1.82) is 0 Å². The van der Waals surface area contributed by atoms with Gasteiger partial charge in [0.1, 0.15) is 12.4 Å². The fraction of sp³-hybridized carbons (Fsp3) is 0.429. The van der Waals surface area contributed by atoms with E-state index in [9.17, 15) is 9.59 Å². The van der Waals surface area contributed by atoms with E-state index in [4.69, 9.17) is 9.47 Å². The quantitative estimate of drug-likeness (QED) is 0.751. The molecule has 0 saturated heterocycles.